The molecule has 3 aliphatic heterocycles. The average molecular weight is 717 g/mol. The molecule has 3 fully saturated rings. The fourth-order valence-corrected chi connectivity index (χ4v) is 8.55. The van der Waals surface area contributed by atoms with E-state index in [2.05, 4.69) is 41.3 Å². The summed E-state index contributed by atoms with van der Waals surface area (Å²) >= 11 is 3.73. The van der Waals surface area contributed by atoms with E-state index in [9.17, 15) is 24.3 Å². The number of aliphatic hydroxyl groups excluding tert-OH is 1. The molecule has 9 atom stereocenters. The van der Waals surface area contributed by atoms with Crippen LogP contribution in [0.15, 0.2) is 55.6 Å². The minimum Gasteiger partial charge on any atom is -0.455 e. The van der Waals surface area contributed by atoms with Gasteiger partial charge in [0.05, 0.1) is 24.0 Å². The van der Waals surface area contributed by atoms with E-state index in [1.54, 1.807) is 28.9 Å². The Labute approximate surface area is 287 Å². The van der Waals surface area contributed by atoms with Crippen LogP contribution in [0, 0.1) is 11.8 Å². The second kappa shape index (κ2) is 16.4. The molecule has 3 heterocycles. The monoisotopic (exact) mass is 715 g/mol. The van der Waals surface area contributed by atoms with E-state index in [-0.39, 0.29) is 48.2 Å². The van der Waals surface area contributed by atoms with Gasteiger partial charge >= 0.3 is 5.97 Å². The van der Waals surface area contributed by atoms with E-state index in [1.165, 1.54) is 0 Å². The van der Waals surface area contributed by atoms with Crippen LogP contribution >= 0.6 is 15.9 Å². The molecule has 0 aromatic heterocycles. The third-order valence-corrected chi connectivity index (χ3v) is 10.6. The first-order valence-electron chi connectivity index (χ1n) is 16.9. The van der Waals surface area contributed by atoms with Crippen molar-refractivity contribution in [1.29, 1.82) is 0 Å². The highest BCUT2D eigenvalue weighted by Crippen LogP contribution is 2.60. The standard InChI is InChI=1S/C36H50BrN3O7/c1-6-9-18-27(42)38-24(5)30(25-16-11-10-12-17-25)46-35(45)28-29-33(43)40(20-13-14-21-41)32(36(29)22-26(37)31(28)47-36)34(44)39(19-8-3)23(4)15-7-2/h6,8,10-12,16-17,23-24,26,28-32,41H,1,3,7,9,13-15,18-22H2,2,4-5H3,(H,38,42)/t23?,24-,26?,28-,29+,30-,31-,32-,36+/m1/s1. The fraction of sp³-hybridized carbons (Fsp3) is 0.611. The smallest absolute Gasteiger partial charge is 0.313 e. The van der Waals surface area contributed by atoms with Gasteiger partial charge in [-0.15, -0.1) is 13.2 Å². The van der Waals surface area contributed by atoms with Crippen molar-refractivity contribution in [3.63, 3.8) is 0 Å². The number of benzene rings is 1. The zero-order valence-electron chi connectivity index (χ0n) is 27.8. The largest absolute Gasteiger partial charge is 0.455 e. The summed E-state index contributed by atoms with van der Waals surface area (Å²) in [6, 6.07) is 7.60. The number of nitrogens with zero attached hydrogens (tertiary/aromatic N) is 2. The molecule has 3 aliphatic rings. The Morgan fingerprint density at radius 2 is 1.94 bits per heavy atom. The summed E-state index contributed by atoms with van der Waals surface area (Å²) in [4.78, 5) is 59.0. The Bertz CT molecular complexity index is 1290. The van der Waals surface area contributed by atoms with Gasteiger partial charge in [-0.2, -0.15) is 0 Å². The number of unbranched alkanes of at least 4 members (excludes halogenated alkanes) is 1. The third-order valence-electron chi connectivity index (χ3n) is 9.74. The topological polar surface area (TPSA) is 125 Å². The molecule has 1 spiro atoms. The molecule has 0 radical (unpaired) electrons. The number of hydrogen-bond acceptors (Lipinski definition) is 7. The molecule has 47 heavy (non-hydrogen) atoms. The van der Waals surface area contributed by atoms with Crippen molar-refractivity contribution in [3.05, 3.63) is 61.2 Å². The maximum Gasteiger partial charge on any atom is 0.313 e. The molecule has 3 saturated heterocycles. The Morgan fingerprint density at radius 1 is 1.21 bits per heavy atom. The van der Waals surface area contributed by atoms with Crippen LogP contribution < -0.4 is 5.32 Å². The SMILES string of the molecule is C=CCCC(=O)N[C@H](C)[C@@H](OC(=O)[C@H]1[C@@H]2O[C@@]3(CC2Br)[C@@H]1C(=O)N(CCCCO)[C@@H]3C(=O)N(CC=C)C(C)CCC)c1ccccc1. The first-order chi connectivity index (χ1) is 22.6. The normalized spacial score (nSPS) is 27.9. The lowest BCUT2D eigenvalue weighted by Crippen LogP contribution is -2.58. The molecule has 2 bridgehead atoms. The molecular weight excluding hydrogens is 666 g/mol. The quantitative estimate of drug-likeness (QED) is 0.0995. The summed E-state index contributed by atoms with van der Waals surface area (Å²) in [6.45, 7) is 13.9. The number of hydrogen-bond donors (Lipinski definition) is 2. The average Bonchev–Trinajstić information content (AvgIpc) is 3.64. The number of carbonyl (C=O) groups is 4. The molecule has 258 valence electrons. The van der Waals surface area contributed by atoms with E-state index in [0.29, 0.717) is 37.8 Å². The predicted molar refractivity (Wildman–Crippen MR) is 182 cm³/mol. The summed E-state index contributed by atoms with van der Waals surface area (Å²) < 4.78 is 12.9. The zero-order chi connectivity index (χ0) is 34.3. The highest BCUT2D eigenvalue weighted by molar-refractivity contribution is 9.09. The molecule has 1 aromatic rings. The van der Waals surface area contributed by atoms with Crippen LogP contribution in [0.2, 0.25) is 0 Å². The summed E-state index contributed by atoms with van der Waals surface area (Å²) in [5.41, 5.74) is -0.526. The summed E-state index contributed by atoms with van der Waals surface area (Å²) in [7, 11) is 0. The van der Waals surface area contributed by atoms with Crippen LogP contribution in [0.5, 0.6) is 0 Å². The van der Waals surface area contributed by atoms with Crippen molar-refractivity contribution in [2.24, 2.45) is 11.8 Å². The number of halogens is 1. The van der Waals surface area contributed by atoms with E-state index in [4.69, 9.17) is 9.47 Å². The van der Waals surface area contributed by atoms with Crippen LogP contribution in [-0.4, -0.2) is 93.0 Å². The van der Waals surface area contributed by atoms with Crippen molar-refractivity contribution in [1.82, 2.24) is 15.1 Å². The van der Waals surface area contributed by atoms with Gasteiger partial charge in [0.2, 0.25) is 17.7 Å². The number of fused-ring (bicyclic) bond motifs is 1. The minimum atomic E-state index is -1.23. The minimum absolute atomic E-state index is 0.0362. The second-order valence-electron chi connectivity index (χ2n) is 13.0. The number of ether oxygens (including phenoxy) is 2. The van der Waals surface area contributed by atoms with Crippen LogP contribution in [0.3, 0.4) is 0 Å². The molecule has 4 rings (SSSR count). The molecule has 0 aliphatic carbocycles. The number of rotatable bonds is 18. The lowest BCUT2D eigenvalue weighted by atomic mass is 9.70. The first kappa shape index (κ1) is 36.8. The van der Waals surface area contributed by atoms with Gasteiger partial charge in [-0.3, -0.25) is 19.2 Å². The van der Waals surface area contributed by atoms with Gasteiger partial charge in [-0.25, -0.2) is 0 Å². The predicted octanol–water partition coefficient (Wildman–Crippen LogP) is 4.47. The number of carbonyl (C=O) groups excluding carboxylic acids is 4. The lowest BCUT2D eigenvalue weighted by Gasteiger charge is -2.39. The van der Waals surface area contributed by atoms with Crippen molar-refractivity contribution in [3.8, 4) is 0 Å². The van der Waals surface area contributed by atoms with Gasteiger partial charge < -0.3 is 29.7 Å². The Balaban J connectivity index is 1.69. The maximum atomic E-state index is 14.6. The van der Waals surface area contributed by atoms with Crippen molar-refractivity contribution >= 4 is 39.6 Å². The lowest BCUT2D eigenvalue weighted by molar-refractivity contribution is -0.162. The molecule has 0 saturated carbocycles. The fourth-order valence-electron chi connectivity index (χ4n) is 7.61. The Hall–Kier alpha value is -3.02. The number of allylic oxidation sites excluding steroid dienone is 1. The highest BCUT2D eigenvalue weighted by Gasteiger charge is 2.77. The van der Waals surface area contributed by atoms with Gasteiger partial charge in [-0.05, 0) is 51.5 Å². The van der Waals surface area contributed by atoms with E-state index >= 15 is 0 Å². The first-order valence-corrected chi connectivity index (χ1v) is 17.8. The van der Waals surface area contributed by atoms with E-state index in [1.807, 2.05) is 37.3 Å². The highest BCUT2D eigenvalue weighted by atomic mass is 79.9. The molecule has 10 nitrogen and oxygen atoms in total. The Morgan fingerprint density at radius 3 is 2.57 bits per heavy atom. The van der Waals surface area contributed by atoms with Crippen molar-refractivity contribution < 1.29 is 33.8 Å². The van der Waals surface area contributed by atoms with Gasteiger partial charge in [0.1, 0.15) is 17.7 Å². The Kier molecular flexibility index (Phi) is 12.8. The van der Waals surface area contributed by atoms with Crippen LogP contribution in [-0.2, 0) is 28.7 Å². The van der Waals surface area contributed by atoms with Crippen molar-refractivity contribution in [2.45, 2.75) is 106 Å². The molecule has 3 amide bonds. The van der Waals surface area contributed by atoms with Crippen LogP contribution in [0.4, 0.5) is 0 Å². The number of amides is 3. The summed E-state index contributed by atoms with van der Waals surface area (Å²) in [5.74, 6) is -3.21. The van der Waals surface area contributed by atoms with Gasteiger partial charge in [0, 0.05) is 37.0 Å². The van der Waals surface area contributed by atoms with Crippen molar-refractivity contribution in [2.75, 3.05) is 19.7 Å². The van der Waals surface area contributed by atoms with Gasteiger partial charge in [-0.1, -0.05) is 71.8 Å². The number of aliphatic hydroxyl groups is 1. The number of alkyl halides is 1. The maximum absolute atomic E-state index is 14.6. The molecule has 2 unspecified atom stereocenters. The van der Waals surface area contributed by atoms with E-state index in [0.717, 1.165) is 12.8 Å². The molecule has 1 aromatic carbocycles. The zero-order valence-corrected chi connectivity index (χ0v) is 29.4. The summed E-state index contributed by atoms with van der Waals surface area (Å²) in [6.07, 6.45) is 5.64. The molecule has 11 heteroatoms. The third kappa shape index (κ3) is 7.52. The van der Waals surface area contributed by atoms with Crippen LogP contribution in [0.1, 0.15) is 77.4 Å². The van der Waals surface area contributed by atoms with Gasteiger partial charge in [0.15, 0.2) is 0 Å². The molecule has 2 N–H and O–H groups in total. The van der Waals surface area contributed by atoms with Gasteiger partial charge in [0.25, 0.3) is 0 Å². The number of likely N-dealkylation sites (tertiary alicyclic amines) is 1. The van der Waals surface area contributed by atoms with Crippen LogP contribution in [0.25, 0.3) is 0 Å². The number of esters is 1. The van der Waals surface area contributed by atoms with E-state index < -0.39 is 47.7 Å². The molecular formula is C36H50BrN3O7. The summed E-state index contributed by atoms with van der Waals surface area (Å²) in [5, 5.41) is 12.4. The number of nitrogens with one attached hydrogen (secondary N) is 1. The second-order valence-corrected chi connectivity index (χ2v) is 14.2.